The van der Waals surface area contributed by atoms with Crippen molar-refractivity contribution < 1.29 is 4.74 Å². The average Bonchev–Trinajstić information content (AvgIpc) is 2.72. The number of hydrogen-bond acceptors (Lipinski definition) is 3. The minimum Gasteiger partial charge on any atom is -0.377 e. The van der Waals surface area contributed by atoms with E-state index in [1.165, 1.54) is 18.4 Å². The molecule has 3 heteroatoms. The molecule has 1 unspecified atom stereocenters. The van der Waals surface area contributed by atoms with E-state index in [0.717, 1.165) is 26.1 Å². The number of ether oxygens (including phenoxy) is 1. The Hall–Kier alpha value is -0.380. The van der Waals surface area contributed by atoms with Gasteiger partial charge in [-0.25, -0.2) is 0 Å². The molecule has 14 heavy (non-hydrogen) atoms. The van der Waals surface area contributed by atoms with Gasteiger partial charge in [0.05, 0.1) is 12.7 Å². The van der Waals surface area contributed by atoms with Crippen molar-refractivity contribution in [3.8, 4) is 0 Å². The van der Waals surface area contributed by atoms with E-state index < -0.39 is 0 Å². The molecule has 2 nitrogen and oxygen atoms in total. The van der Waals surface area contributed by atoms with Crippen LogP contribution in [0.4, 0.5) is 0 Å². The first kappa shape index (κ1) is 10.1. The number of nitrogens with one attached hydrogen (secondary N) is 1. The van der Waals surface area contributed by atoms with Crippen molar-refractivity contribution in [2.24, 2.45) is 0 Å². The van der Waals surface area contributed by atoms with Gasteiger partial charge < -0.3 is 10.1 Å². The summed E-state index contributed by atoms with van der Waals surface area (Å²) in [5.41, 5.74) is 1.40. The smallest absolute Gasteiger partial charge is 0.0700 e. The quantitative estimate of drug-likeness (QED) is 0.823. The van der Waals surface area contributed by atoms with Crippen LogP contribution in [0, 0.1) is 0 Å². The van der Waals surface area contributed by atoms with Crippen molar-refractivity contribution in [3.63, 3.8) is 0 Å². The SMILES string of the molecule is c1cc(CCOC2CCCNC2)cs1. The van der Waals surface area contributed by atoms with Crippen LogP contribution < -0.4 is 5.32 Å². The number of rotatable bonds is 4. The Kier molecular flexibility index (Phi) is 3.98. The lowest BCUT2D eigenvalue weighted by Crippen LogP contribution is -2.35. The summed E-state index contributed by atoms with van der Waals surface area (Å²) in [5.74, 6) is 0. The van der Waals surface area contributed by atoms with E-state index in [0.29, 0.717) is 6.10 Å². The van der Waals surface area contributed by atoms with Crippen molar-refractivity contribution in [2.75, 3.05) is 19.7 Å². The summed E-state index contributed by atoms with van der Waals surface area (Å²) in [7, 11) is 0. The molecule has 2 rings (SSSR count). The summed E-state index contributed by atoms with van der Waals surface area (Å²) in [5, 5.41) is 7.67. The van der Waals surface area contributed by atoms with Crippen molar-refractivity contribution in [1.29, 1.82) is 0 Å². The molecule has 1 aliphatic rings. The predicted octanol–water partition coefficient (Wildman–Crippen LogP) is 2.06. The topological polar surface area (TPSA) is 21.3 Å². The highest BCUT2D eigenvalue weighted by molar-refractivity contribution is 7.07. The van der Waals surface area contributed by atoms with Gasteiger partial charge >= 0.3 is 0 Å². The Morgan fingerprint density at radius 3 is 3.29 bits per heavy atom. The molecule has 2 heterocycles. The van der Waals surface area contributed by atoms with Crippen molar-refractivity contribution in [3.05, 3.63) is 22.4 Å². The van der Waals surface area contributed by atoms with Crippen LogP contribution in [0.15, 0.2) is 16.8 Å². The second-order valence-electron chi connectivity index (χ2n) is 3.72. The van der Waals surface area contributed by atoms with E-state index in [1.54, 1.807) is 11.3 Å². The fraction of sp³-hybridized carbons (Fsp3) is 0.636. The van der Waals surface area contributed by atoms with Gasteiger partial charge in [-0.1, -0.05) is 0 Å². The monoisotopic (exact) mass is 211 g/mol. The predicted molar refractivity (Wildman–Crippen MR) is 59.9 cm³/mol. The highest BCUT2D eigenvalue weighted by Gasteiger charge is 2.12. The molecule has 1 N–H and O–H groups in total. The zero-order valence-corrected chi connectivity index (χ0v) is 9.19. The van der Waals surface area contributed by atoms with Gasteiger partial charge in [-0.05, 0) is 48.2 Å². The molecular weight excluding hydrogens is 194 g/mol. The Morgan fingerprint density at radius 2 is 2.57 bits per heavy atom. The van der Waals surface area contributed by atoms with E-state index in [-0.39, 0.29) is 0 Å². The molecule has 0 spiro atoms. The van der Waals surface area contributed by atoms with Gasteiger partial charge in [0.25, 0.3) is 0 Å². The second-order valence-corrected chi connectivity index (χ2v) is 4.50. The zero-order chi connectivity index (χ0) is 9.64. The van der Waals surface area contributed by atoms with Gasteiger partial charge in [0.15, 0.2) is 0 Å². The third-order valence-corrected chi connectivity index (χ3v) is 3.31. The van der Waals surface area contributed by atoms with E-state index in [2.05, 4.69) is 22.1 Å². The van der Waals surface area contributed by atoms with Crippen molar-refractivity contribution in [1.82, 2.24) is 5.32 Å². The largest absolute Gasteiger partial charge is 0.377 e. The second kappa shape index (κ2) is 5.49. The van der Waals surface area contributed by atoms with E-state index in [4.69, 9.17) is 4.74 Å². The fourth-order valence-corrected chi connectivity index (χ4v) is 2.44. The summed E-state index contributed by atoms with van der Waals surface area (Å²) < 4.78 is 5.80. The molecule has 1 aliphatic heterocycles. The minimum atomic E-state index is 0.447. The number of piperidine rings is 1. The molecule has 0 bridgehead atoms. The molecule has 1 atom stereocenters. The van der Waals surface area contributed by atoms with Crippen molar-refractivity contribution >= 4 is 11.3 Å². The normalized spacial score (nSPS) is 22.4. The Morgan fingerprint density at radius 1 is 1.57 bits per heavy atom. The number of thiophene rings is 1. The summed E-state index contributed by atoms with van der Waals surface area (Å²) in [4.78, 5) is 0. The van der Waals surface area contributed by atoms with Crippen LogP contribution in [-0.2, 0) is 11.2 Å². The van der Waals surface area contributed by atoms with Crippen LogP contribution in [0.25, 0.3) is 0 Å². The lowest BCUT2D eigenvalue weighted by Gasteiger charge is -2.22. The maximum absolute atomic E-state index is 5.80. The summed E-state index contributed by atoms with van der Waals surface area (Å²) in [6, 6.07) is 2.17. The van der Waals surface area contributed by atoms with Gasteiger partial charge in [0.1, 0.15) is 0 Å². The Labute approximate surface area is 89.3 Å². The summed E-state index contributed by atoms with van der Waals surface area (Å²) >= 11 is 1.76. The molecule has 78 valence electrons. The zero-order valence-electron chi connectivity index (χ0n) is 8.37. The summed E-state index contributed by atoms with van der Waals surface area (Å²) in [6.07, 6.45) is 3.97. The highest BCUT2D eigenvalue weighted by Crippen LogP contribution is 2.09. The molecule has 1 aromatic rings. The van der Waals surface area contributed by atoms with Gasteiger partial charge in [-0.3, -0.25) is 0 Å². The molecule has 0 aromatic carbocycles. The fourth-order valence-electron chi connectivity index (χ4n) is 1.74. The van der Waals surface area contributed by atoms with E-state index in [9.17, 15) is 0 Å². The standard InChI is InChI=1S/C11H17NOS/c1-2-11(8-12-5-1)13-6-3-10-4-7-14-9-10/h4,7,9,11-12H,1-3,5-6,8H2. The van der Waals surface area contributed by atoms with Crippen LogP contribution in [0.2, 0.25) is 0 Å². The maximum Gasteiger partial charge on any atom is 0.0700 e. The first-order valence-electron chi connectivity index (χ1n) is 5.28. The van der Waals surface area contributed by atoms with E-state index in [1.807, 2.05) is 0 Å². The first-order chi connectivity index (χ1) is 6.95. The minimum absolute atomic E-state index is 0.447. The van der Waals surface area contributed by atoms with Crippen LogP contribution in [-0.4, -0.2) is 25.8 Å². The summed E-state index contributed by atoms with van der Waals surface area (Å²) in [6.45, 7) is 3.05. The molecule has 0 aliphatic carbocycles. The molecule has 0 radical (unpaired) electrons. The molecule has 1 fully saturated rings. The van der Waals surface area contributed by atoms with Crippen LogP contribution in [0.3, 0.4) is 0 Å². The molecule has 1 aromatic heterocycles. The highest BCUT2D eigenvalue weighted by atomic mass is 32.1. The third kappa shape index (κ3) is 3.08. The van der Waals surface area contributed by atoms with Gasteiger partial charge in [-0.2, -0.15) is 11.3 Å². The number of hydrogen-bond donors (Lipinski definition) is 1. The Bertz CT molecular complexity index is 242. The molecule has 0 amide bonds. The lowest BCUT2D eigenvalue weighted by molar-refractivity contribution is 0.0390. The lowest BCUT2D eigenvalue weighted by atomic mass is 10.1. The van der Waals surface area contributed by atoms with Crippen molar-refractivity contribution in [2.45, 2.75) is 25.4 Å². The third-order valence-electron chi connectivity index (χ3n) is 2.58. The van der Waals surface area contributed by atoms with E-state index >= 15 is 0 Å². The van der Waals surface area contributed by atoms with Crippen LogP contribution >= 0.6 is 11.3 Å². The molecule has 1 saturated heterocycles. The van der Waals surface area contributed by atoms with Gasteiger partial charge in [-0.15, -0.1) is 0 Å². The molecular formula is C11H17NOS. The first-order valence-corrected chi connectivity index (χ1v) is 6.23. The van der Waals surface area contributed by atoms with Gasteiger partial charge in [0.2, 0.25) is 0 Å². The Balaban J connectivity index is 1.62. The average molecular weight is 211 g/mol. The molecule has 0 saturated carbocycles. The van der Waals surface area contributed by atoms with Crippen LogP contribution in [0.1, 0.15) is 18.4 Å². The van der Waals surface area contributed by atoms with Crippen LogP contribution in [0.5, 0.6) is 0 Å². The maximum atomic E-state index is 5.80. The van der Waals surface area contributed by atoms with Gasteiger partial charge in [0, 0.05) is 6.54 Å².